The van der Waals surface area contributed by atoms with Gasteiger partial charge >= 0.3 is 12.2 Å². The second-order valence-electron chi connectivity index (χ2n) is 8.88. The summed E-state index contributed by atoms with van der Waals surface area (Å²) >= 11 is 0. The SMILES string of the molecule is Cc1ccc(S(=O)(=O)NC(c2ccccc2)C(NC(=O)Nc2ccc(C(F)(F)F)cc2)c2ccccc2)cc1. The Labute approximate surface area is 224 Å². The van der Waals surface area contributed by atoms with Crippen molar-refractivity contribution in [2.24, 2.45) is 0 Å². The monoisotopic (exact) mass is 553 g/mol. The van der Waals surface area contributed by atoms with E-state index in [-0.39, 0.29) is 10.6 Å². The van der Waals surface area contributed by atoms with Gasteiger partial charge in [-0.25, -0.2) is 17.9 Å². The number of carbonyl (C=O) groups excluding carboxylic acids is 1. The van der Waals surface area contributed by atoms with Gasteiger partial charge in [0.25, 0.3) is 0 Å². The van der Waals surface area contributed by atoms with E-state index in [9.17, 15) is 26.4 Å². The van der Waals surface area contributed by atoms with Gasteiger partial charge in [0.05, 0.1) is 22.5 Å². The van der Waals surface area contributed by atoms with E-state index in [4.69, 9.17) is 0 Å². The van der Waals surface area contributed by atoms with E-state index in [0.717, 1.165) is 29.8 Å². The van der Waals surface area contributed by atoms with Crippen molar-refractivity contribution < 1.29 is 26.4 Å². The molecule has 2 atom stereocenters. The number of amides is 2. The zero-order valence-electron chi connectivity index (χ0n) is 20.8. The van der Waals surface area contributed by atoms with Crippen LogP contribution in [-0.4, -0.2) is 14.4 Å². The van der Waals surface area contributed by atoms with E-state index in [1.807, 2.05) is 6.92 Å². The summed E-state index contributed by atoms with van der Waals surface area (Å²) in [6.45, 7) is 1.85. The molecule has 0 fully saturated rings. The number of benzene rings is 4. The Kier molecular flexibility index (Phi) is 8.37. The van der Waals surface area contributed by atoms with Gasteiger partial charge in [-0.15, -0.1) is 0 Å². The maximum Gasteiger partial charge on any atom is 0.416 e. The van der Waals surface area contributed by atoms with Crippen LogP contribution in [0.15, 0.2) is 114 Å². The number of anilines is 1. The molecule has 4 aromatic carbocycles. The van der Waals surface area contributed by atoms with Crippen molar-refractivity contribution in [3.05, 3.63) is 131 Å². The quantitative estimate of drug-likeness (QED) is 0.230. The fraction of sp³-hybridized carbons (Fsp3) is 0.138. The highest BCUT2D eigenvalue weighted by molar-refractivity contribution is 7.89. The van der Waals surface area contributed by atoms with Gasteiger partial charge in [-0.3, -0.25) is 0 Å². The molecule has 0 heterocycles. The van der Waals surface area contributed by atoms with Crippen molar-refractivity contribution in [1.29, 1.82) is 0 Å². The Bertz CT molecular complexity index is 1500. The van der Waals surface area contributed by atoms with Crippen LogP contribution in [0.1, 0.15) is 34.3 Å². The minimum Gasteiger partial charge on any atom is -0.329 e. The van der Waals surface area contributed by atoms with E-state index in [1.54, 1.807) is 72.8 Å². The summed E-state index contributed by atoms with van der Waals surface area (Å²) in [5, 5.41) is 5.34. The Hall–Kier alpha value is -4.15. The van der Waals surface area contributed by atoms with E-state index in [1.165, 1.54) is 12.1 Å². The lowest BCUT2D eigenvalue weighted by molar-refractivity contribution is -0.137. The first-order valence-corrected chi connectivity index (χ1v) is 13.4. The van der Waals surface area contributed by atoms with Gasteiger partial charge in [0.2, 0.25) is 10.0 Å². The molecule has 0 aliphatic carbocycles. The minimum absolute atomic E-state index is 0.0649. The van der Waals surface area contributed by atoms with Gasteiger partial charge < -0.3 is 10.6 Å². The van der Waals surface area contributed by atoms with Gasteiger partial charge in [-0.05, 0) is 54.4 Å². The summed E-state index contributed by atoms with van der Waals surface area (Å²) in [4.78, 5) is 13.1. The first kappa shape index (κ1) is 27.9. The van der Waals surface area contributed by atoms with Crippen LogP contribution >= 0.6 is 0 Å². The molecule has 0 aliphatic heterocycles. The van der Waals surface area contributed by atoms with Crippen LogP contribution in [0.3, 0.4) is 0 Å². The molecule has 39 heavy (non-hydrogen) atoms. The molecule has 10 heteroatoms. The molecule has 0 saturated heterocycles. The molecule has 4 rings (SSSR count). The molecule has 0 aromatic heterocycles. The number of hydrogen-bond acceptors (Lipinski definition) is 3. The normalized spacial score (nSPS) is 13.3. The molecule has 0 saturated carbocycles. The molecular weight excluding hydrogens is 527 g/mol. The second kappa shape index (κ2) is 11.7. The standard InChI is InChI=1S/C29H26F3N3O3S/c1-20-12-18-25(19-13-20)39(37,38)35-27(22-10-6-3-7-11-22)26(21-8-4-2-5-9-21)34-28(36)33-24-16-14-23(15-17-24)29(30,31)32/h2-19,26-27,35H,1H3,(H2,33,34,36). The summed E-state index contributed by atoms with van der Waals surface area (Å²) in [6, 6.07) is 25.5. The first-order valence-electron chi connectivity index (χ1n) is 12.0. The highest BCUT2D eigenvalue weighted by atomic mass is 32.2. The average Bonchev–Trinajstić information content (AvgIpc) is 2.92. The van der Waals surface area contributed by atoms with Crippen LogP contribution in [-0.2, 0) is 16.2 Å². The molecule has 0 bridgehead atoms. The Morgan fingerprint density at radius 3 is 1.74 bits per heavy atom. The summed E-state index contributed by atoms with van der Waals surface area (Å²) in [7, 11) is -4.02. The fourth-order valence-electron chi connectivity index (χ4n) is 4.01. The van der Waals surface area contributed by atoms with E-state index in [2.05, 4.69) is 15.4 Å². The molecule has 2 amide bonds. The second-order valence-corrected chi connectivity index (χ2v) is 10.6. The Morgan fingerprint density at radius 1 is 0.718 bits per heavy atom. The Balaban J connectivity index is 1.67. The average molecular weight is 554 g/mol. The largest absolute Gasteiger partial charge is 0.416 e. The predicted molar refractivity (Wildman–Crippen MR) is 143 cm³/mol. The zero-order valence-corrected chi connectivity index (χ0v) is 21.6. The van der Waals surface area contributed by atoms with Crippen LogP contribution in [0.4, 0.5) is 23.7 Å². The Morgan fingerprint density at radius 2 is 1.23 bits per heavy atom. The molecular formula is C29H26F3N3O3S. The van der Waals surface area contributed by atoms with E-state index < -0.39 is 39.9 Å². The molecule has 0 radical (unpaired) electrons. The highest BCUT2D eigenvalue weighted by Gasteiger charge is 2.32. The maximum atomic E-state index is 13.4. The minimum atomic E-state index is -4.50. The third-order valence-electron chi connectivity index (χ3n) is 6.02. The van der Waals surface area contributed by atoms with Crippen LogP contribution < -0.4 is 15.4 Å². The third-order valence-corrected chi connectivity index (χ3v) is 7.48. The molecule has 202 valence electrons. The van der Waals surface area contributed by atoms with Crippen molar-refractivity contribution in [3.8, 4) is 0 Å². The number of carbonyl (C=O) groups is 1. The van der Waals surface area contributed by atoms with Crippen molar-refractivity contribution in [2.45, 2.75) is 30.1 Å². The first-order chi connectivity index (χ1) is 18.5. The smallest absolute Gasteiger partial charge is 0.329 e. The van der Waals surface area contributed by atoms with Gasteiger partial charge in [0, 0.05) is 5.69 Å². The van der Waals surface area contributed by atoms with Crippen molar-refractivity contribution in [3.63, 3.8) is 0 Å². The summed E-state index contributed by atoms with van der Waals surface area (Å²) in [5.41, 5.74) is 1.41. The predicted octanol–water partition coefficient (Wildman–Crippen LogP) is 6.60. The third kappa shape index (κ3) is 7.24. The van der Waals surface area contributed by atoms with E-state index >= 15 is 0 Å². The number of nitrogens with one attached hydrogen (secondary N) is 3. The number of aryl methyl sites for hydroxylation is 1. The zero-order chi connectivity index (χ0) is 28.0. The molecule has 6 nitrogen and oxygen atoms in total. The molecule has 0 spiro atoms. The van der Waals surface area contributed by atoms with Crippen LogP contribution in [0.25, 0.3) is 0 Å². The number of halogens is 3. The van der Waals surface area contributed by atoms with Crippen LogP contribution in [0, 0.1) is 6.92 Å². The van der Waals surface area contributed by atoms with Crippen molar-refractivity contribution in [1.82, 2.24) is 10.0 Å². The van der Waals surface area contributed by atoms with Gasteiger partial charge in [0.1, 0.15) is 0 Å². The van der Waals surface area contributed by atoms with Crippen LogP contribution in [0.5, 0.6) is 0 Å². The molecule has 3 N–H and O–H groups in total. The van der Waals surface area contributed by atoms with Crippen molar-refractivity contribution in [2.75, 3.05) is 5.32 Å². The molecule has 0 aliphatic rings. The fourth-order valence-corrected chi connectivity index (χ4v) is 5.25. The summed E-state index contributed by atoms with van der Waals surface area (Å²) in [6.07, 6.45) is -4.50. The summed E-state index contributed by atoms with van der Waals surface area (Å²) < 4.78 is 68.3. The van der Waals surface area contributed by atoms with Crippen molar-refractivity contribution >= 4 is 21.7 Å². The number of urea groups is 1. The maximum absolute atomic E-state index is 13.4. The van der Waals surface area contributed by atoms with Gasteiger partial charge in [-0.2, -0.15) is 13.2 Å². The number of alkyl halides is 3. The number of sulfonamides is 1. The van der Waals surface area contributed by atoms with Crippen LogP contribution in [0.2, 0.25) is 0 Å². The number of hydrogen-bond donors (Lipinski definition) is 3. The lowest BCUT2D eigenvalue weighted by atomic mass is 9.94. The van der Waals surface area contributed by atoms with E-state index in [0.29, 0.717) is 11.1 Å². The number of rotatable bonds is 8. The molecule has 4 aromatic rings. The van der Waals surface area contributed by atoms with Gasteiger partial charge in [0.15, 0.2) is 0 Å². The lowest BCUT2D eigenvalue weighted by Gasteiger charge is -2.30. The summed E-state index contributed by atoms with van der Waals surface area (Å²) in [5.74, 6) is 0. The topological polar surface area (TPSA) is 87.3 Å². The lowest BCUT2D eigenvalue weighted by Crippen LogP contribution is -2.42. The highest BCUT2D eigenvalue weighted by Crippen LogP contribution is 2.32. The molecule has 2 unspecified atom stereocenters. The van der Waals surface area contributed by atoms with Gasteiger partial charge in [-0.1, -0.05) is 78.4 Å².